The smallest absolute Gasteiger partial charge is 0.151 e. The summed E-state index contributed by atoms with van der Waals surface area (Å²) in [7, 11) is 0. The Bertz CT molecular complexity index is 931. The van der Waals surface area contributed by atoms with Crippen molar-refractivity contribution in [2.24, 2.45) is 0 Å². The fraction of sp³-hybridized carbons (Fsp3) is 0.333. The van der Waals surface area contributed by atoms with Gasteiger partial charge in [-0.3, -0.25) is 0 Å². The number of aliphatic hydroxyl groups is 2. The summed E-state index contributed by atoms with van der Waals surface area (Å²) in [4.78, 5) is 12.4. The first-order chi connectivity index (χ1) is 12.5. The lowest BCUT2D eigenvalue weighted by Gasteiger charge is -2.15. The first-order valence-corrected chi connectivity index (χ1v) is 9.42. The molecule has 0 radical (unpaired) electrons. The number of thioether (sulfide) groups is 1. The van der Waals surface area contributed by atoms with Gasteiger partial charge in [0.2, 0.25) is 0 Å². The van der Waals surface area contributed by atoms with E-state index in [1.165, 1.54) is 11.9 Å². The molecule has 0 saturated carbocycles. The third-order valence-corrected chi connectivity index (χ3v) is 5.89. The number of hydrogen-bond acceptors (Lipinski definition) is 7. The molecule has 3 aromatic rings. The Morgan fingerprint density at radius 3 is 2.88 bits per heavy atom. The summed E-state index contributed by atoms with van der Waals surface area (Å²) in [5.74, 6) is 1.01. The number of aliphatic hydroxyl groups excluding tert-OH is 2. The first-order valence-electron chi connectivity index (χ1n) is 8.43. The highest BCUT2D eigenvalue weighted by atomic mass is 32.2. The highest BCUT2D eigenvalue weighted by Gasteiger charge is 2.42. The van der Waals surface area contributed by atoms with Crippen molar-refractivity contribution in [3.8, 4) is 0 Å². The zero-order valence-electron chi connectivity index (χ0n) is 14.3. The van der Waals surface area contributed by atoms with Gasteiger partial charge in [0.25, 0.3) is 0 Å². The van der Waals surface area contributed by atoms with Crippen molar-refractivity contribution >= 4 is 28.6 Å². The highest BCUT2D eigenvalue weighted by molar-refractivity contribution is 7.99. The minimum Gasteiger partial charge on any atom is -0.389 e. The number of nitrogens with two attached hydrogens (primary N) is 1. The Balaban J connectivity index is 1.53. The van der Waals surface area contributed by atoms with Gasteiger partial charge in [0.1, 0.15) is 17.9 Å². The van der Waals surface area contributed by atoms with Gasteiger partial charge in [-0.2, -0.15) is 0 Å². The van der Waals surface area contributed by atoms with Crippen molar-refractivity contribution in [3.05, 3.63) is 47.9 Å². The molecule has 2 aromatic heterocycles. The molecule has 136 valence electrons. The van der Waals surface area contributed by atoms with Gasteiger partial charge in [-0.25, -0.2) is 9.97 Å². The van der Waals surface area contributed by atoms with Gasteiger partial charge >= 0.3 is 0 Å². The van der Waals surface area contributed by atoms with E-state index in [2.05, 4.69) is 39.3 Å². The number of nitrogens with one attached hydrogen (secondary N) is 2. The molecule has 0 aliphatic carbocycles. The SMILES string of the molecule is Cc1cccc(SC[C@H]2N[C@@H](c3c[nH]c4c(N)ncnc34)C(O)[C@H]2O)c1. The molecule has 4 rings (SSSR count). The van der Waals surface area contributed by atoms with Crippen LogP contribution in [0.2, 0.25) is 0 Å². The minimum atomic E-state index is -0.923. The monoisotopic (exact) mass is 371 g/mol. The molecule has 8 heteroatoms. The summed E-state index contributed by atoms with van der Waals surface area (Å²) < 4.78 is 0. The lowest BCUT2D eigenvalue weighted by molar-refractivity contribution is 0.0308. The summed E-state index contributed by atoms with van der Waals surface area (Å²) in [6.07, 6.45) is 1.38. The Labute approximate surface area is 155 Å². The maximum absolute atomic E-state index is 10.6. The average molecular weight is 371 g/mol. The van der Waals surface area contributed by atoms with Crippen molar-refractivity contribution in [1.29, 1.82) is 0 Å². The normalized spacial score (nSPS) is 25.8. The summed E-state index contributed by atoms with van der Waals surface area (Å²) in [5, 5.41) is 24.4. The van der Waals surface area contributed by atoms with Crippen molar-refractivity contribution < 1.29 is 10.2 Å². The molecule has 1 unspecified atom stereocenters. The van der Waals surface area contributed by atoms with Gasteiger partial charge in [0.15, 0.2) is 5.82 Å². The molecular weight excluding hydrogens is 350 g/mol. The standard InChI is InChI=1S/C18H21N5O2S/c1-9-3-2-4-10(5-9)26-7-12-16(24)17(25)14(23-12)11-6-20-15-13(11)21-8-22-18(15)19/h2-6,8,12,14,16-17,20,23-25H,7H2,1H3,(H2,19,21,22)/t12-,14+,16+,17?/m1/s1. The predicted molar refractivity (Wildman–Crippen MR) is 102 cm³/mol. The van der Waals surface area contributed by atoms with Crippen LogP contribution >= 0.6 is 11.8 Å². The number of benzene rings is 1. The molecule has 1 saturated heterocycles. The molecule has 0 bridgehead atoms. The first kappa shape index (κ1) is 17.3. The zero-order valence-corrected chi connectivity index (χ0v) is 15.1. The van der Waals surface area contributed by atoms with E-state index < -0.39 is 18.2 Å². The zero-order chi connectivity index (χ0) is 18.3. The molecule has 0 amide bonds. The van der Waals surface area contributed by atoms with Gasteiger partial charge in [-0.15, -0.1) is 11.8 Å². The third kappa shape index (κ3) is 3.05. The maximum atomic E-state index is 10.6. The quantitative estimate of drug-likeness (QED) is 0.439. The largest absolute Gasteiger partial charge is 0.389 e. The number of aryl methyl sites for hydroxylation is 1. The third-order valence-electron chi connectivity index (χ3n) is 4.77. The number of aromatic amines is 1. The number of anilines is 1. The lowest BCUT2D eigenvalue weighted by atomic mass is 10.0. The molecule has 7 nitrogen and oxygen atoms in total. The Hall–Kier alpha value is -2.13. The van der Waals surface area contributed by atoms with Crippen molar-refractivity contribution in [2.75, 3.05) is 11.5 Å². The fourth-order valence-electron chi connectivity index (χ4n) is 3.39. The van der Waals surface area contributed by atoms with Gasteiger partial charge < -0.3 is 26.2 Å². The molecule has 0 spiro atoms. The Morgan fingerprint density at radius 1 is 1.23 bits per heavy atom. The number of H-pyrrole nitrogens is 1. The summed E-state index contributed by atoms with van der Waals surface area (Å²) in [5.41, 5.74) is 9.15. The number of fused-ring (bicyclic) bond motifs is 1. The van der Waals surface area contributed by atoms with Gasteiger partial charge in [0, 0.05) is 28.5 Å². The van der Waals surface area contributed by atoms with E-state index in [1.807, 2.05) is 12.1 Å². The van der Waals surface area contributed by atoms with E-state index >= 15 is 0 Å². The van der Waals surface area contributed by atoms with E-state index in [0.717, 1.165) is 10.5 Å². The van der Waals surface area contributed by atoms with Crippen LogP contribution in [0.5, 0.6) is 0 Å². The second kappa shape index (κ2) is 6.88. The second-order valence-electron chi connectivity index (χ2n) is 6.59. The summed E-state index contributed by atoms with van der Waals surface area (Å²) in [6.45, 7) is 2.05. The molecule has 1 aromatic carbocycles. The molecule has 1 aliphatic rings. The molecule has 1 fully saturated rings. The van der Waals surface area contributed by atoms with Crippen LogP contribution in [-0.2, 0) is 0 Å². The van der Waals surface area contributed by atoms with Crippen molar-refractivity contribution in [2.45, 2.75) is 36.1 Å². The number of rotatable bonds is 4. The fourth-order valence-corrected chi connectivity index (χ4v) is 4.50. The summed E-state index contributed by atoms with van der Waals surface area (Å²) in [6, 6.07) is 7.58. The molecule has 3 heterocycles. The van der Waals surface area contributed by atoms with E-state index in [1.54, 1.807) is 18.0 Å². The van der Waals surface area contributed by atoms with Crippen molar-refractivity contribution in [1.82, 2.24) is 20.3 Å². The van der Waals surface area contributed by atoms with Crippen LogP contribution in [0.15, 0.2) is 41.7 Å². The van der Waals surface area contributed by atoms with E-state index in [4.69, 9.17) is 5.73 Å². The maximum Gasteiger partial charge on any atom is 0.151 e. The van der Waals surface area contributed by atoms with Crippen LogP contribution in [0.25, 0.3) is 11.0 Å². The van der Waals surface area contributed by atoms with Crippen LogP contribution in [0.1, 0.15) is 17.2 Å². The van der Waals surface area contributed by atoms with Crippen molar-refractivity contribution in [3.63, 3.8) is 0 Å². The van der Waals surface area contributed by atoms with Crippen LogP contribution in [0, 0.1) is 6.92 Å². The van der Waals surface area contributed by atoms with Crippen LogP contribution in [-0.4, -0.2) is 49.2 Å². The predicted octanol–water partition coefficient (Wildman–Crippen LogP) is 1.38. The number of hydrogen-bond donors (Lipinski definition) is 5. The van der Waals surface area contributed by atoms with Crippen LogP contribution in [0.4, 0.5) is 5.82 Å². The highest BCUT2D eigenvalue weighted by Crippen LogP contribution is 2.34. The Kier molecular flexibility index (Phi) is 4.58. The number of aromatic nitrogens is 3. The number of nitrogen functional groups attached to an aromatic ring is 1. The summed E-state index contributed by atoms with van der Waals surface area (Å²) >= 11 is 1.66. The van der Waals surface area contributed by atoms with Gasteiger partial charge in [0.05, 0.1) is 17.7 Å². The van der Waals surface area contributed by atoms with Gasteiger partial charge in [-0.1, -0.05) is 17.7 Å². The Morgan fingerprint density at radius 2 is 2.08 bits per heavy atom. The topological polar surface area (TPSA) is 120 Å². The molecule has 6 N–H and O–H groups in total. The minimum absolute atomic E-state index is 0.232. The molecule has 4 atom stereocenters. The average Bonchev–Trinajstić information content (AvgIpc) is 3.17. The van der Waals surface area contributed by atoms with Gasteiger partial charge in [-0.05, 0) is 19.1 Å². The van der Waals surface area contributed by atoms with Crippen LogP contribution in [0.3, 0.4) is 0 Å². The van der Waals surface area contributed by atoms with E-state index in [0.29, 0.717) is 22.6 Å². The molecular formula is C18H21N5O2S. The van der Waals surface area contributed by atoms with E-state index in [9.17, 15) is 10.2 Å². The second-order valence-corrected chi connectivity index (χ2v) is 7.68. The molecule has 26 heavy (non-hydrogen) atoms. The number of nitrogens with zero attached hydrogens (tertiary/aromatic N) is 2. The lowest BCUT2D eigenvalue weighted by Crippen LogP contribution is -2.35. The van der Waals surface area contributed by atoms with Crippen LogP contribution < -0.4 is 11.1 Å². The molecule has 1 aliphatic heterocycles. The van der Waals surface area contributed by atoms with E-state index in [-0.39, 0.29) is 6.04 Å².